The Morgan fingerprint density at radius 3 is 0.923 bits per heavy atom. The number of hydrogen-bond donors (Lipinski definition) is 2. The predicted molar refractivity (Wildman–Crippen MR) is 205 cm³/mol. The van der Waals surface area contributed by atoms with E-state index in [4.69, 9.17) is 23.7 Å². The molecule has 4 heterocycles. The van der Waals surface area contributed by atoms with Crippen molar-refractivity contribution in [2.45, 2.75) is 214 Å². The Morgan fingerprint density at radius 2 is 0.731 bits per heavy atom. The van der Waals surface area contributed by atoms with Crippen LogP contribution in [0.3, 0.4) is 0 Å². The molecule has 6 atom stereocenters. The Kier molecular flexibility index (Phi) is 19.8. The Labute approximate surface area is 337 Å². The van der Waals surface area contributed by atoms with Crippen LogP contribution in [0.5, 0.6) is 0 Å². The molecule has 4 aliphatic heterocycles. The van der Waals surface area contributed by atoms with Gasteiger partial charge in [-0.05, 0) is 12.8 Å². The zero-order valence-electron chi connectivity index (χ0n) is 31.8. The van der Waals surface area contributed by atoms with Gasteiger partial charge in [-0.1, -0.05) is 142 Å². The van der Waals surface area contributed by atoms with Crippen molar-refractivity contribution in [1.82, 2.24) is 0 Å². The van der Waals surface area contributed by atoms with Crippen molar-refractivity contribution in [3.8, 4) is 0 Å². The molecule has 0 aromatic carbocycles. The van der Waals surface area contributed by atoms with Crippen LogP contribution in [0.4, 0.5) is 0 Å². The Balaban J connectivity index is 0.00000729. The zero-order valence-corrected chi connectivity index (χ0v) is 33.4. The van der Waals surface area contributed by atoms with Gasteiger partial charge in [-0.3, -0.25) is 9.11 Å². The third-order valence-corrected chi connectivity index (χ3v) is 14.9. The van der Waals surface area contributed by atoms with Gasteiger partial charge in [-0.15, -0.1) is 0 Å². The summed E-state index contributed by atoms with van der Waals surface area (Å²) >= 11 is 0. The molecule has 4 fully saturated rings. The van der Waals surface area contributed by atoms with E-state index in [0.29, 0.717) is 25.7 Å². The van der Waals surface area contributed by atoms with Crippen LogP contribution in [-0.4, -0.2) is 115 Å². The SMILES string of the molecule is CCCCCCCCCCCCC(C1(C2(OC3(C4(C(CCCCCCCCCCCC)S(=O)(=O)O)CCO4)CCO3)CCO2)CCO1)S(=O)(=O)O.[NaH]. The molecular formula is C38H71NaO11S2. The summed E-state index contributed by atoms with van der Waals surface area (Å²) in [5.41, 5.74) is -2.97. The van der Waals surface area contributed by atoms with E-state index < -0.39 is 53.5 Å². The van der Waals surface area contributed by atoms with Crippen LogP contribution in [0, 0.1) is 0 Å². The topological polar surface area (TPSA) is 155 Å². The van der Waals surface area contributed by atoms with Crippen molar-refractivity contribution < 1.29 is 49.6 Å². The predicted octanol–water partition coefficient (Wildman–Crippen LogP) is 8.04. The van der Waals surface area contributed by atoms with Crippen molar-refractivity contribution in [1.29, 1.82) is 0 Å². The molecule has 0 amide bonds. The van der Waals surface area contributed by atoms with Crippen LogP contribution in [0.25, 0.3) is 0 Å². The summed E-state index contributed by atoms with van der Waals surface area (Å²) in [7, 11) is -9.17. The van der Waals surface area contributed by atoms with Gasteiger partial charge in [0.1, 0.15) is 21.7 Å². The van der Waals surface area contributed by atoms with Crippen molar-refractivity contribution in [3.63, 3.8) is 0 Å². The molecule has 0 radical (unpaired) electrons. The van der Waals surface area contributed by atoms with Gasteiger partial charge in [0.2, 0.25) is 11.6 Å². The van der Waals surface area contributed by atoms with Gasteiger partial charge < -0.3 is 23.7 Å². The minimum atomic E-state index is -4.58. The monoisotopic (exact) mass is 790 g/mol. The van der Waals surface area contributed by atoms with Crippen LogP contribution >= 0.6 is 0 Å². The molecule has 14 heteroatoms. The number of hydrogen-bond acceptors (Lipinski definition) is 9. The molecule has 6 unspecified atom stereocenters. The summed E-state index contributed by atoms with van der Waals surface area (Å²) in [6, 6.07) is 0. The van der Waals surface area contributed by atoms with Crippen molar-refractivity contribution in [2.24, 2.45) is 0 Å². The Morgan fingerprint density at radius 1 is 0.481 bits per heavy atom. The van der Waals surface area contributed by atoms with E-state index in [2.05, 4.69) is 13.8 Å². The second-order valence-corrected chi connectivity index (χ2v) is 18.9. The molecule has 4 rings (SSSR count). The van der Waals surface area contributed by atoms with Gasteiger partial charge >= 0.3 is 29.6 Å². The van der Waals surface area contributed by atoms with Gasteiger partial charge in [0.05, 0.1) is 26.4 Å². The molecule has 0 aromatic heterocycles. The summed E-state index contributed by atoms with van der Waals surface area (Å²) < 4.78 is 105. The van der Waals surface area contributed by atoms with E-state index in [1.807, 2.05) is 0 Å². The normalized spacial score (nSPS) is 29.9. The Hall–Kier alpha value is 0.620. The zero-order chi connectivity index (χ0) is 36.9. The first kappa shape index (κ1) is 47.0. The number of rotatable bonds is 30. The van der Waals surface area contributed by atoms with E-state index in [-0.39, 0.29) is 81.7 Å². The molecule has 0 aromatic rings. The summed E-state index contributed by atoms with van der Waals surface area (Å²) in [4.78, 5) is 0. The first-order valence-corrected chi connectivity index (χ1v) is 23.6. The molecule has 0 spiro atoms. The number of ether oxygens (including phenoxy) is 5. The van der Waals surface area contributed by atoms with Gasteiger partial charge in [0.25, 0.3) is 20.2 Å². The third kappa shape index (κ3) is 11.4. The standard InChI is InChI=1S/C38H70O11S2.Na.H/c1-3-5-7-9-11-13-15-17-19-21-23-33(50(39,40)41)35(25-29-45-35)37(27-31-47-37)49-38(28-32-48-38)36(26-30-46-36)34(51(42,43)44)24-22-20-18-16-14-12-10-8-6-4-2;;/h33-34H,3-32H2,1-2H3,(H,39,40,41)(H,42,43,44);;. The molecule has 0 saturated carbocycles. The Bertz CT molecular complexity index is 1140. The quantitative estimate of drug-likeness (QED) is 0.0413. The number of unbranched alkanes of at least 4 members (excludes halogenated alkanes) is 18. The molecule has 11 nitrogen and oxygen atoms in total. The van der Waals surface area contributed by atoms with Gasteiger partial charge in [0.15, 0.2) is 0 Å². The van der Waals surface area contributed by atoms with E-state index >= 15 is 0 Å². The molecule has 4 aliphatic rings. The van der Waals surface area contributed by atoms with Crippen molar-refractivity contribution >= 4 is 49.8 Å². The van der Waals surface area contributed by atoms with E-state index in [1.54, 1.807) is 0 Å². The third-order valence-electron chi connectivity index (χ3n) is 12.2. The molecule has 2 N–H and O–H groups in total. The molecule has 302 valence electrons. The van der Waals surface area contributed by atoms with Crippen molar-refractivity contribution in [2.75, 3.05) is 26.4 Å². The fraction of sp³-hybridized carbons (Fsp3) is 1.00. The van der Waals surface area contributed by atoms with Crippen LogP contribution in [-0.2, 0) is 43.9 Å². The van der Waals surface area contributed by atoms with E-state index in [9.17, 15) is 25.9 Å². The first-order valence-electron chi connectivity index (χ1n) is 20.6. The van der Waals surface area contributed by atoms with E-state index in [1.165, 1.54) is 77.0 Å². The molecule has 0 bridgehead atoms. The van der Waals surface area contributed by atoms with Gasteiger partial charge in [0, 0.05) is 25.7 Å². The second kappa shape index (κ2) is 22.0. The average molecular weight is 791 g/mol. The summed E-state index contributed by atoms with van der Waals surface area (Å²) in [5.74, 6) is -3.17. The van der Waals surface area contributed by atoms with Crippen LogP contribution in [0.2, 0.25) is 0 Å². The minimum absolute atomic E-state index is 0. The van der Waals surface area contributed by atoms with Crippen molar-refractivity contribution in [3.05, 3.63) is 0 Å². The summed E-state index contributed by atoms with van der Waals surface area (Å²) in [5, 5.41) is -2.57. The van der Waals surface area contributed by atoms with Crippen LogP contribution < -0.4 is 0 Å². The molecule has 4 saturated heterocycles. The van der Waals surface area contributed by atoms with Gasteiger partial charge in [-0.2, -0.15) is 16.8 Å². The van der Waals surface area contributed by atoms with Crippen LogP contribution in [0.15, 0.2) is 0 Å². The second-order valence-electron chi connectivity index (χ2n) is 15.7. The maximum absolute atomic E-state index is 13.1. The molecule has 52 heavy (non-hydrogen) atoms. The molecular weight excluding hydrogens is 720 g/mol. The summed E-state index contributed by atoms with van der Waals surface area (Å²) in [6.07, 6.45) is 23.4. The average Bonchev–Trinajstić information content (AvgIpc) is 2.99. The molecule has 0 aliphatic carbocycles. The fourth-order valence-corrected chi connectivity index (χ4v) is 11.6. The van der Waals surface area contributed by atoms with E-state index in [0.717, 1.165) is 38.5 Å². The first-order chi connectivity index (χ1) is 24.4. The summed E-state index contributed by atoms with van der Waals surface area (Å²) in [6.45, 7) is 5.54. The van der Waals surface area contributed by atoms with Crippen LogP contribution in [0.1, 0.15) is 181 Å². The fourth-order valence-electron chi connectivity index (χ4n) is 8.97. The maximum atomic E-state index is 13.1. The van der Waals surface area contributed by atoms with Gasteiger partial charge in [-0.25, -0.2) is 0 Å².